The zero-order valence-corrected chi connectivity index (χ0v) is 10.6. The van der Waals surface area contributed by atoms with Crippen molar-refractivity contribution in [2.45, 2.75) is 0 Å². The van der Waals surface area contributed by atoms with Gasteiger partial charge < -0.3 is 11.1 Å². The molecule has 0 spiro atoms. The molecule has 1 aromatic heterocycles. The minimum absolute atomic E-state index is 0.295. The molecule has 1 heterocycles. The highest BCUT2D eigenvalue weighted by Gasteiger charge is 2.09. The largest absolute Gasteiger partial charge is 0.389 e. The van der Waals surface area contributed by atoms with Gasteiger partial charge >= 0.3 is 0 Å². The first kappa shape index (κ1) is 11.4. The Kier molecular flexibility index (Phi) is 3.43. The minimum atomic E-state index is 0.295. The fourth-order valence-electron chi connectivity index (χ4n) is 1.37. The smallest absolute Gasteiger partial charge is 0.107 e. The van der Waals surface area contributed by atoms with E-state index in [-0.39, 0.29) is 0 Å². The summed E-state index contributed by atoms with van der Waals surface area (Å²) in [6, 6.07) is 7.51. The van der Waals surface area contributed by atoms with Gasteiger partial charge in [-0.2, -0.15) is 11.3 Å². The molecule has 0 amide bonds. The van der Waals surface area contributed by atoms with Crippen LogP contribution in [0.1, 0.15) is 5.56 Å². The molecule has 3 N–H and O–H groups in total. The molecule has 0 fully saturated rings. The molecule has 0 radical (unpaired) electrons. The molecular formula is C11H9ClN2S2. The van der Waals surface area contributed by atoms with E-state index >= 15 is 0 Å². The summed E-state index contributed by atoms with van der Waals surface area (Å²) in [5.74, 6) is 0. The Bertz CT molecular complexity index is 509. The molecule has 16 heavy (non-hydrogen) atoms. The van der Waals surface area contributed by atoms with Crippen LogP contribution < -0.4 is 11.1 Å². The molecule has 5 heteroatoms. The lowest BCUT2D eigenvalue weighted by Crippen LogP contribution is -2.12. The van der Waals surface area contributed by atoms with Crippen LogP contribution >= 0.6 is 35.2 Å². The van der Waals surface area contributed by atoms with Gasteiger partial charge in [-0.05, 0) is 23.6 Å². The van der Waals surface area contributed by atoms with Gasteiger partial charge in [-0.1, -0.05) is 29.9 Å². The first-order valence-corrected chi connectivity index (χ1v) is 6.29. The van der Waals surface area contributed by atoms with E-state index in [1.54, 1.807) is 17.4 Å². The van der Waals surface area contributed by atoms with Gasteiger partial charge in [-0.3, -0.25) is 0 Å². The van der Waals surface area contributed by atoms with Crippen LogP contribution in [0.25, 0.3) is 0 Å². The van der Waals surface area contributed by atoms with Crippen molar-refractivity contribution in [2.75, 3.05) is 5.32 Å². The third-order valence-corrected chi connectivity index (χ3v) is 3.26. The van der Waals surface area contributed by atoms with Crippen molar-refractivity contribution in [3.8, 4) is 0 Å². The molecule has 0 aliphatic heterocycles. The Morgan fingerprint density at radius 2 is 2.19 bits per heavy atom. The number of halogens is 1. The van der Waals surface area contributed by atoms with E-state index in [0.717, 1.165) is 11.4 Å². The van der Waals surface area contributed by atoms with E-state index in [1.807, 2.05) is 29.0 Å². The highest BCUT2D eigenvalue weighted by molar-refractivity contribution is 7.80. The highest BCUT2D eigenvalue weighted by atomic mass is 35.5. The highest BCUT2D eigenvalue weighted by Crippen LogP contribution is 2.27. The number of hydrogen-bond donors (Lipinski definition) is 2. The summed E-state index contributed by atoms with van der Waals surface area (Å²) in [4.78, 5) is 0.295. The molecule has 0 atom stereocenters. The quantitative estimate of drug-likeness (QED) is 0.832. The Morgan fingerprint density at radius 3 is 2.81 bits per heavy atom. The minimum Gasteiger partial charge on any atom is -0.389 e. The number of nitrogens with one attached hydrogen (secondary N) is 1. The van der Waals surface area contributed by atoms with Crippen molar-refractivity contribution in [3.63, 3.8) is 0 Å². The number of thiocarbonyl (C=S) groups is 1. The van der Waals surface area contributed by atoms with Crippen LogP contribution in [-0.2, 0) is 0 Å². The van der Waals surface area contributed by atoms with Crippen molar-refractivity contribution in [1.29, 1.82) is 0 Å². The van der Waals surface area contributed by atoms with Crippen LogP contribution in [-0.4, -0.2) is 4.99 Å². The lowest BCUT2D eigenvalue weighted by atomic mass is 10.1. The van der Waals surface area contributed by atoms with E-state index in [4.69, 9.17) is 29.6 Å². The maximum atomic E-state index is 6.06. The van der Waals surface area contributed by atoms with Crippen LogP contribution in [0.15, 0.2) is 35.0 Å². The van der Waals surface area contributed by atoms with Gasteiger partial charge in [0.1, 0.15) is 4.99 Å². The molecule has 0 aliphatic rings. The van der Waals surface area contributed by atoms with Gasteiger partial charge in [-0.25, -0.2) is 0 Å². The maximum absolute atomic E-state index is 6.06. The summed E-state index contributed by atoms with van der Waals surface area (Å²) in [7, 11) is 0. The zero-order chi connectivity index (χ0) is 11.5. The summed E-state index contributed by atoms with van der Waals surface area (Å²) in [6.07, 6.45) is 0. The Morgan fingerprint density at radius 1 is 1.38 bits per heavy atom. The first-order chi connectivity index (χ1) is 7.68. The predicted octanol–water partition coefficient (Wildman–Crippen LogP) is 3.78. The summed E-state index contributed by atoms with van der Waals surface area (Å²) in [5.41, 5.74) is 8.18. The van der Waals surface area contributed by atoms with E-state index in [9.17, 15) is 0 Å². The van der Waals surface area contributed by atoms with Crippen molar-refractivity contribution in [1.82, 2.24) is 0 Å². The molecule has 1 aromatic carbocycles. The number of rotatable bonds is 3. The summed E-state index contributed by atoms with van der Waals surface area (Å²) in [5, 5.41) is 7.79. The maximum Gasteiger partial charge on any atom is 0.107 e. The lowest BCUT2D eigenvalue weighted by molar-refractivity contribution is 1.55. The second-order valence-electron chi connectivity index (χ2n) is 3.16. The van der Waals surface area contributed by atoms with Gasteiger partial charge in [0.2, 0.25) is 0 Å². The summed E-state index contributed by atoms with van der Waals surface area (Å²) in [6.45, 7) is 0. The third-order valence-electron chi connectivity index (χ3n) is 2.06. The second kappa shape index (κ2) is 4.82. The molecule has 0 aliphatic carbocycles. The van der Waals surface area contributed by atoms with Gasteiger partial charge in [0.15, 0.2) is 0 Å². The van der Waals surface area contributed by atoms with Crippen molar-refractivity contribution in [3.05, 3.63) is 45.6 Å². The fourth-order valence-corrected chi connectivity index (χ4v) is 2.51. The second-order valence-corrected chi connectivity index (χ2v) is 4.79. The molecule has 0 saturated heterocycles. The lowest BCUT2D eigenvalue weighted by Gasteiger charge is -2.11. The molecule has 0 unspecified atom stereocenters. The van der Waals surface area contributed by atoms with Crippen molar-refractivity contribution < 1.29 is 0 Å². The molecule has 82 valence electrons. The predicted molar refractivity (Wildman–Crippen MR) is 74.9 cm³/mol. The van der Waals surface area contributed by atoms with Crippen molar-refractivity contribution in [2.24, 2.45) is 5.73 Å². The van der Waals surface area contributed by atoms with Crippen LogP contribution in [0.5, 0.6) is 0 Å². The topological polar surface area (TPSA) is 38.0 Å². The van der Waals surface area contributed by atoms with Crippen LogP contribution in [0, 0.1) is 0 Å². The normalized spacial score (nSPS) is 10.1. The summed E-state index contributed by atoms with van der Waals surface area (Å²) >= 11 is 12.7. The van der Waals surface area contributed by atoms with Gasteiger partial charge in [-0.15, -0.1) is 0 Å². The first-order valence-electron chi connectivity index (χ1n) is 4.56. The monoisotopic (exact) mass is 268 g/mol. The van der Waals surface area contributed by atoms with Gasteiger partial charge in [0, 0.05) is 11.1 Å². The van der Waals surface area contributed by atoms with Crippen LogP contribution in [0.3, 0.4) is 0 Å². The molecule has 2 nitrogen and oxygen atoms in total. The number of hydrogen-bond acceptors (Lipinski definition) is 3. The van der Waals surface area contributed by atoms with Gasteiger partial charge in [0.05, 0.1) is 16.3 Å². The Hall–Kier alpha value is -1.10. The van der Waals surface area contributed by atoms with Crippen LogP contribution in [0.2, 0.25) is 5.02 Å². The molecule has 2 rings (SSSR count). The average molecular weight is 269 g/mol. The van der Waals surface area contributed by atoms with E-state index in [1.165, 1.54) is 0 Å². The molecule has 0 saturated carbocycles. The average Bonchev–Trinajstić information content (AvgIpc) is 2.70. The third kappa shape index (κ3) is 2.35. The van der Waals surface area contributed by atoms with Crippen LogP contribution in [0.4, 0.5) is 11.4 Å². The SMILES string of the molecule is NC(=S)c1c(Cl)cccc1Nc1ccsc1. The zero-order valence-electron chi connectivity index (χ0n) is 8.24. The van der Waals surface area contributed by atoms with Gasteiger partial charge in [0.25, 0.3) is 0 Å². The molecule has 2 aromatic rings. The van der Waals surface area contributed by atoms with E-state index < -0.39 is 0 Å². The van der Waals surface area contributed by atoms with E-state index in [2.05, 4.69) is 5.32 Å². The molecule has 0 bridgehead atoms. The fraction of sp³-hybridized carbons (Fsp3) is 0. The number of anilines is 2. The number of benzene rings is 1. The summed E-state index contributed by atoms with van der Waals surface area (Å²) < 4.78 is 0. The number of thiophene rings is 1. The molecular weight excluding hydrogens is 260 g/mol. The standard InChI is InChI=1S/C11H9ClN2S2/c12-8-2-1-3-9(10(8)11(13)15)14-7-4-5-16-6-7/h1-6,14H,(H2,13,15). The van der Waals surface area contributed by atoms with E-state index in [0.29, 0.717) is 15.6 Å². The van der Waals surface area contributed by atoms with Crippen molar-refractivity contribution >= 4 is 51.5 Å². The Labute approximate surface area is 108 Å². The Balaban J connectivity index is 2.40. The number of nitrogens with two attached hydrogens (primary N) is 1.